The molecule has 0 atom stereocenters. The molecule has 0 saturated heterocycles. The van der Waals surface area contributed by atoms with E-state index in [1.165, 1.54) is 13.2 Å². The summed E-state index contributed by atoms with van der Waals surface area (Å²) >= 11 is 0. The van der Waals surface area contributed by atoms with Crippen molar-refractivity contribution in [3.8, 4) is 11.5 Å². The molecule has 2 aromatic carbocycles. The molecule has 0 heterocycles. The molecule has 2 N–H and O–H groups in total. The van der Waals surface area contributed by atoms with E-state index < -0.39 is 15.9 Å². The minimum Gasteiger partial charge on any atom is -0.495 e. The van der Waals surface area contributed by atoms with Gasteiger partial charge < -0.3 is 9.47 Å². The standard InChI is InChI=1S/C18H22N2O5S/c1-4-14-6-8-15(9-7-14)25-12-18(21)19-20-26(22,23)17-11-13(2)5-10-16(17)24-3/h5-11,20H,4,12H2,1-3H3,(H,19,21). The van der Waals surface area contributed by atoms with Gasteiger partial charge in [-0.3, -0.25) is 10.2 Å². The van der Waals surface area contributed by atoms with Crippen LogP contribution in [0.4, 0.5) is 0 Å². The zero-order chi connectivity index (χ0) is 19.2. The first-order valence-electron chi connectivity index (χ1n) is 8.02. The second kappa shape index (κ2) is 8.68. The SMILES string of the molecule is CCc1ccc(OCC(=O)NNS(=O)(=O)c2cc(C)ccc2OC)cc1. The fourth-order valence-electron chi connectivity index (χ4n) is 2.18. The van der Waals surface area contributed by atoms with Gasteiger partial charge in [0, 0.05) is 0 Å². The normalized spacial score (nSPS) is 11.0. The Morgan fingerprint density at radius 2 is 1.81 bits per heavy atom. The molecule has 2 aromatic rings. The van der Waals surface area contributed by atoms with Crippen molar-refractivity contribution in [2.24, 2.45) is 0 Å². The fraction of sp³-hybridized carbons (Fsp3) is 0.278. The maximum atomic E-state index is 12.4. The molecule has 0 fully saturated rings. The van der Waals surface area contributed by atoms with Crippen molar-refractivity contribution >= 4 is 15.9 Å². The van der Waals surface area contributed by atoms with Crippen molar-refractivity contribution in [1.82, 2.24) is 10.3 Å². The molecule has 0 aliphatic carbocycles. The fourth-order valence-corrected chi connectivity index (χ4v) is 3.29. The number of carbonyl (C=O) groups is 1. The van der Waals surface area contributed by atoms with Crippen LogP contribution >= 0.6 is 0 Å². The lowest BCUT2D eigenvalue weighted by Crippen LogP contribution is -2.43. The molecular weight excluding hydrogens is 356 g/mol. The Hall–Kier alpha value is -2.58. The van der Waals surface area contributed by atoms with Crippen molar-refractivity contribution in [2.45, 2.75) is 25.2 Å². The number of hydrogen-bond donors (Lipinski definition) is 2. The van der Waals surface area contributed by atoms with E-state index in [4.69, 9.17) is 9.47 Å². The summed E-state index contributed by atoms with van der Waals surface area (Å²) in [5.41, 5.74) is 4.03. The first-order chi connectivity index (χ1) is 12.4. The molecule has 2 rings (SSSR count). The minimum absolute atomic E-state index is 0.0589. The number of hydrazine groups is 1. The number of aryl methyl sites for hydroxylation is 2. The van der Waals surface area contributed by atoms with Crippen LogP contribution in [0.25, 0.3) is 0 Å². The Bertz CT molecular complexity index is 864. The minimum atomic E-state index is -3.98. The predicted molar refractivity (Wildman–Crippen MR) is 97.5 cm³/mol. The number of methoxy groups -OCH3 is 1. The third kappa shape index (κ3) is 5.21. The molecule has 7 nitrogen and oxygen atoms in total. The first kappa shape index (κ1) is 19.7. The van der Waals surface area contributed by atoms with E-state index in [2.05, 4.69) is 5.43 Å². The highest BCUT2D eigenvalue weighted by Crippen LogP contribution is 2.24. The Kier molecular flexibility index (Phi) is 6.59. The van der Waals surface area contributed by atoms with Crippen LogP contribution in [0.5, 0.6) is 11.5 Å². The molecule has 0 aliphatic rings. The molecular formula is C18H22N2O5S. The van der Waals surface area contributed by atoms with Crippen LogP contribution in [-0.2, 0) is 21.2 Å². The van der Waals surface area contributed by atoms with E-state index in [1.807, 2.05) is 23.9 Å². The summed E-state index contributed by atoms with van der Waals surface area (Å²) in [5, 5.41) is 0. The van der Waals surface area contributed by atoms with E-state index in [1.54, 1.807) is 31.2 Å². The second-order valence-electron chi connectivity index (χ2n) is 5.59. The Morgan fingerprint density at radius 3 is 2.42 bits per heavy atom. The van der Waals surface area contributed by atoms with Gasteiger partial charge in [0.1, 0.15) is 16.4 Å². The van der Waals surface area contributed by atoms with Crippen LogP contribution in [0.3, 0.4) is 0 Å². The summed E-state index contributed by atoms with van der Waals surface area (Å²) in [6, 6.07) is 12.1. The van der Waals surface area contributed by atoms with Crippen molar-refractivity contribution in [2.75, 3.05) is 13.7 Å². The third-order valence-electron chi connectivity index (χ3n) is 3.63. The van der Waals surface area contributed by atoms with Gasteiger partial charge in [-0.05, 0) is 48.7 Å². The summed E-state index contributed by atoms with van der Waals surface area (Å²) < 4.78 is 35.1. The molecule has 8 heteroatoms. The average Bonchev–Trinajstić information content (AvgIpc) is 2.65. The molecule has 0 bridgehead atoms. The van der Waals surface area contributed by atoms with E-state index in [-0.39, 0.29) is 17.3 Å². The summed E-state index contributed by atoms with van der Waals surface area (Å²) in [4.78, 5) is 13.8. The van der Waals surface area contributed by atoms with E-state index in [9.17, 15) is 13.2 Å². The molecule has 0 spiro atoms. The highest BCUT2D eigenvalue weighted by molar-refractivity contribution is 7.89. The Morgan fingerprint density at radius 1 is 1.12 bits per heavy atom. The van der Waals surface area contributed by atoms with Gasteiger partial charge >= 0.3 is 0 Å². The summed E-state index contributed by atoms with van der Waals surface area (Å²) in [7, 11) is -2.60. The Balaban J connectivity index is 1.94. The number of amides is 1. The smallest absolute Gasteiger partial charge is 0.272 e. The quantitative estimate of drug-likeness (QED) is 0.685. The monoisotopic (exact) mass is 378 g/mol. The van der Waals surface area contributed by atoms with Gasteiger partial charge in [-0.25, -0.2) is 8.42 Å². The van der Waals surface area contributed by atoms with Gasteiger partial charge in [-0.15, -0.1) is 4.83 Å². The zero-order valence-electron chi connectivity index (χ0n) is 14.9. The Labute approximate surface area is 153 Å². The average molecular weight is 378 g/mol. The van der Waals surface area contributed by atoms with Gasteiger partial charge in [0.2, 0.25) is 0 Å². The van der Waals surface area contributed by atoms with Crippen LogP contribution in [0, 0.1) is 6.92 Å². The number of ether oxygens (including phenoxy) is 2. The zero-order valence-corrected chi connectivity index (χ0v) is 15.7. The van der Waals surface area contributed by atoms with E-state index >= 15 is 0 Å². The van der Waals surface area contributed by atoms with Crippen molar-refractivity contribution < 1.29 is 22.7 Å². The third-order valence-corrected chi connectivity index (χ3v) is 4.90. The van der Waals surface area contributed by atoms with Gasteiger partial charge in [0.05, 0.1) is 7.11 Å². The molecule has 0 radical (unpaired) electrons. The molecule has 26 heavy (non-hydrogen) atoms. The highest BCUT2D eigenvalue weighted by atomic mass is 32.2. The van der Waals surface area contributed by atoms with Crippen LogP contribution in [0.1, 0.15) is 18.1 Å². The van der Waals surface area contributed by atoms with E-state index in [0.29, 0.717) is 5.75 Å². The number of hydrogen-bond acceptors (Lipinski definition) is 5. The maximum Gasteiger partial charge on any atom is 0.272 e. The number of nitrogens with one attached hydrogen (secondary N) is 2. The maximum absolute atomic E-state index is 12.4. The number of sulfonamides is 1. The first-order valence-corrected chi connectivity index (χ1v) is 9.51. The largest absolute Gasteiger partial charge is 0.495 e. The molecule has 0 saturated carbocycles. The van der Waals surface area contributed by atoms with Crippen molar-refractivity contribution in [3.05, 3.63) is 53.6 Å². The summed E-state index contributed by atoms with van der Waals surface area (Å²) in [5.74, 6) is 0.0879. The molecule has 0 aliphatic heterocycles. The van der Waals surface area contributed by atoms with Gasteiger partial charge in [-0.1, -0.05) is 25.1 Å². The highest BCUT2D eigenvalue weighted by Gasteiger charge is 2.20. The molecule has 140 valence electrons. The van der Waals surface area contributed by atoms with Crippen molar-refractivity contribution in [1.29, 1.82) is 0 Å². The van der Waals surface area contributed by atoms with Gasteiger partial charge in [-0.2, -0.15) is 0 Å². The number of rotatable bonds is 8. The molecule has 0 unspecified atom stereocenters. The summed E-state index contributed by atoms with van der Waals surface area (Å²) in [6.45, 7) is 3.48. The van der Waals surface area contributed by atoms with Gasteiger partial charge in [0.25, 0.3) is 15.9 Å². The lowest BCUT2D eigenvalue weighted by molar-refractivity contribution is -0.123. The molecule has 0 aromatic heterocycles. The number of benzene rings is 2. The topological polar surface area (TPSA) is 93.7 Å². The molecule has 1 amide bonds. The van der Waals surface area contributed by atoms with Gasteiger partial charge in [0.15, 0.2) is 6.61 Å². The lowest BCUT2D eigenvalue weighted by Gasteiger charge is -2.12. The van der Waals surface area contributed by atoms with Crippen molar-refractivity contribution in [3.63, 3.8) is 0 Å². The number of carbonyl (C=O) groups excluding carboxylic acids is 1. The van der Waals surface area contributed by atoms with Crippen LogP contribution in [0.15, 0.2) is 47.4 Å². The van der Waals surface area contributed by atoms with E-state index in [0.717, 1.165) is 17.5 Å². The summed E-state index contributed by atoms with van der Waals surface area (Å²) in [6.07, 6.45) is 0.908. The second-order valence-corrected chi connectivity index (χ2v) is 7.24. The van der Waals surface area contributed by atoms with Crippen LogP contribution in [0.2, 0.25) is 0 Å². The lowest BCUT2D eigenvalue weighted by atomic mass is 10.2. The predicted octanol–water partition coefficient (Wildman–Crippen LogP) is 1.95. The van der Waals surface area contributed by atoms with Crippen LogP contribution in [-0.4, -0.2) is 28.0 Å². The van der Waals surface area contributed by atoms with Crippen LogP contribution < -0.4 is 19.7 Å².